The standard InChI is InChI=1S/C10H15ClN4OS/c1-7(2)14-3-5-15(6-4-14)9(16)8-12-13-10(11)17-8/h7H,3-6H2,1-2H3. The molecule has 0 atom stereocenters. The highest BCUT2D eigenvalue weighted by Crippen LogP contribution is 2.17. The van der Waals surface area contributed by atoms with Gasteiger partial charge < -0.3 is 4.90 Å². The van der Waals surface area contributed by atoms with Crippen molar-refractivity contribution >= 4 is 28.8 Å². The molecule has 0 spiro atoms. The van der Waals surface area contributed by atoms with Gasteiger partial charge in [-0.25, -0.2) is 0 Å². The lowest BCUT2D eigenvalue weighted by Crippen LogP contribution is -2.50. The molecule has 7 heteroatoms. The monoisotopic (exact) mass is 274 g/mol. The summed E-state index contributed by atoms with van der Waals surface area (Å²) >= 11 is 6.81. The van der Waals surface area contributed by atoms with Crippen LogP contribution in [0.15, 0.2) is 0 Å². The average molecular weight is 275 g/mol. The van der Waals surface area contributed by atoms with E-state index in [9.17, 15) is 4.79 Å². The van der Waals surface area contributed by atoms with Gasteiger partial charge in [-0.15, -0.1) is 10.2 Å². The lowest BCUT2D eigenvalue weighted by Gasteiger charge is -2.36. The molecule has 0 bridgehead atoms. The third-order valence-electron chi connectivity index (χ3n) is 2.92. The molecule has 1 aliphatic heterocycles. The summed E-state index contributed by atoms with van der Waals surface area (Å²) < 4.78 is 0.314. The number of nitrogens with zero attached hydrogens (tertiary/aromatic N) is 4. The molecule has 0 N–H and O–H groups in total. The Morgan fingerprint density at radius 3 is 2.41 bits per heavy atom. The largest absolute Gasteiger partial charge is 0.334 e. The van der Waals surface area contributed by atoms with E-state index in [0.717, 1.165) is 37.5 Å². The quantitative estimate of drug-likeness (QED) is 0.817. The predicted molar refractivity (Wildman–Crippen MR) is 67.5 cm³/mol. The minimum Gasteiger partial charge on any atom is -0.334 e. The minimum atomic E-state index is -0.0576. The zero-order chi connectivity index (χ0) is 12.4. The molecule has 1 aromatic rings. The smallest absolute Gasteiger partial charge is 0.284 e. The summed E-state index contributed by atoms with van der Waals surface area (Å²) in [6.07, 6.45) is 0. The van der Waals surface area contributed by atoms with Crippen molar-refractivity contribution in [2.75, 3.05) is 26.2 Å². The zero-order valence-corrected chi connectivity index (χ0v) is 11.5. The van der Waals surface area contributed by atoms with E-state index in [4.69, 9.17) is 11.6 Å². The normalized spacial score (nSPS) is 17.8. The van der Waals surface area contributed by atoms with Crippen LogP contribution in [0.4, 0.5) is 0 Å². The summed E-state index contributed by atoms with van der Waals surface area (Å²) in [7, 11) is 0. The Bertz CT molecular complexity index is 401. The van der Waals surface area contributed by atoms with Crippen molar-refractivity contribution in [3.8, 4) is 0 Å². The topological polar surface area (TPSA) is 49.3 Å². The Balaban J connectivity index is 1.95. The van der Waals surface area contributed by atoms with Crippen molar-refractivity contribution < 1.29 is 4.79 Å². The van der Waals surface area contributed by atoms with Gasteiger partial charge in [-0.3, -0.25) is 9.69 Å². The third kappa shape index (κ3) is 2.94. The van der Waals surface area contributed by atoms with Gasteiger partial charge in [0.1, 0.15) is 0 Å². The van der Waals surface area contributed by atoms with Crippen LogP contribution in [-0.4, -0.2) is 58.1 Å². The van der Waals surface area contributed by atoms with Gasteiger partial charge >= 0.3 is 0 Å². The highest BCUT2D eigenvalue weighted by Gasteiger charge is 2.25. The first kappa shape index (κ1) is 12.7. The predicted octanol–water partition coefficient (Wildman–Crippen LogP) is 1.36. The Labute approximate surface area is 109 Å². The van der Waals surface area contributed by atoms with Crippen LogP contribution >= 0.6 is 22.9 Å². The molecule has 0 aliphatic carbocycles. The highest BCUT2D eigenvalue weighted by molar-refractivity contribution is 7.17. The van der Waals surface area contributed by atoms with Gasteiger partial charge in [0.2, 0.25) is 9.47 Å². The first-order valence-electron chi connectivity index (χ1n) is 5.60. The van der Waals surface area contributed by atoms with E-state index in [1.165, 1.54) is 0 Å². The first-order chi connectivity index (χ1) is 8.08. The van der Waals surface area contributed by atoms with Crippen molar-refractivity contribution in [3.05, 3.63) is 9.47 Å². The van der Waals surface area contributed by atoms with Gasteiger partial charge in [-0.1, -0.05) is 11.3 Å². The Hall–Kier alpha value is -0.720. The Kier molecular flexibility index (Phi) is 3.96. The van der Waals surface area contributed by atoms with Gasteiger partial charge in [-0.2, -0.15) is 0 Å². The van der Waals surface area contributed by atoms with E-state index in [1.54, 1.807) is 0 Å². The van der Waals surface area contributed by atoms with Crippen LogP contribution in [0.3, 0.4) is 0 Å². The number of hydrogen-bond acceptors (Lipinski definition) is 5. The van der Waals surface area contributed by atoms with Crippen molar-refractivity contribution in [2.24, 2.45) is 0 Å². The maximum Gasteiger partial charge on any atom is 0.284 e. The van der Waals surface area contributed by atoms with Crippen molar-refractivity contribution in [3.63, 3.8) is 0 Å². The van der Waals surface area contributed by atoms with E-state index in [2.05, 4.69) is 28.9 Å². The Morgan fingerprint density at radius 1 is 1.29 bits per heavy atom. The van der Waals surface area contributed by atoms with Crippen molar-refractivity contribution in [1.29, 1.82) is 0 Å². The number of rotatable bonds is 2. The number of halogens is 1. The van der Waals surface area contributed by atoms with E-state index >= 15 is 0 Å². The fraction of sp³-hybridized carbons (Fsp3) is 0.700. The van der Waals surface area contributed by atoms with Crippen LogP contribution in [0, 0.1) is 0 Å². The second kappa shape index (κ2) is 5.29. The number of aromatic nitrogens is 2. The Morgan fingerprint density at radius 2 is 1.94 bits per heavy atom. The number of piperazine rings is 1. The summed E-state index contributed by atoms with van der Waals surface area (Å²) in [5, 5.41) is 7.81. The SMILES string of the molecule is CC(C)N1CCN(C(=O)c2nnc(Cl)s2)CC1. The second-order valence-electron chi connectivity index (χ2n) is 4.28. The third-order valence-corrected chi connectivity index (χ3v) is 3.92. The molecule has 2 heterocycles. The van der Waals surface area contributed by atoms with Gasteiger partial charge in [0.25, 0.3) is 5.91 Å². The summed E-state index contributed by atoms with van der Waals surface area (Å²) in [6, 6.07) is 0.531. The average Bonchev–Trinajstić information content (AvgIpc) is 2.75. The summed E-state index contributed by atoms with van der Waals surface area (Å²) in [5.41, 5.74) is 0. The van der Waals surface area contributed by atoms with Gasteiger partial charge in [0, 0.05) is 32.2 Å². The summed E-state index contributed by atoms with van der Waals surface area (Å²) in [5.74, 6) is -0.0576. The molecule has 0 saturated carbocycles. The molecule has 1 aliphatic rings. The van der Waals surface area contributed by atoms with Crippen molar-refractivity contribution in [2.45, 2.75) is 19.9 Å². The number of carbonyl (C=O) groups excluding carboxylic acids is 1. The van der Waals surface area contributed by atoms with Crippen LogP contribution in [0.5, 0.6) is 0 Å². The van der Waals surface area contributed by atoms with Crippen LogP contribution in [0.2, 0.25) is 4.47 Å². The molecule has 1 fully saturated rings. The molecule has 0 aromatic carbocycles. The molecule has 1 saturated heterocycles. The molecular weight excluding hydrogens is 260 g/mol. The maximum atomic E-state index is 12.0. The van der Waals surface area contributed by atoms with Gasteiger partial charge in [-0.05, 0) is 25.4 Å². The molecular formula is C10H15ClN4OS. The molecule has 94 valence electrons. The molecule has 5 nitrogen and oxygen atoms in total. The van der Waals surface area contributed by atoms with Gasteiger partial charge in [0.05, 0.1) is 0 Å². The number of hydrogen-bond donors (Lipinski definition) is 0. The maximum absolute atomic E-state index is 12.0. The lowest BCUT2D eigenvalue weighted by atomic mass is 10.2. The van der Waals surface area contributed by atoms with Crippen LogP contribution in [-0.2, 0) is 0 Å². The van der Waals surface area contributed by atoms with Crippen LogP contribution in [0.25, 0.3) is 0 Å². The van der Waals surface area contributed by atoms with Crippen LogP contribution in [0.1, 0.15) is 23.6 Å². The summed E-state index contributed by atoms with van der Waals surface area (Å²) in [6.45, 7) is 7.65. The highest BCUT2D eigenvalue weighted by atomic mass is 35.5. The number of amides is 1. The molecule has 0 unspecified atom stereocenters. The fourth-order valence-electron chi connectivity index (χ4n) is 1.87. The summed E-state index contributed by atoms with van der Waals surface area (Å²) in [4.78, 5) is 16.2. The van der Waals surface area contributed by atoms with Crippen LogP contribution < -0.4 is 0 Å². The molecule has 0 radical (unpaired) electrons. The van der Waals surface area contributed by atoms with Crippen molar-refractivity contribution in [1.82, 2.24) is 20.0 Å². The minimum absolute atomic E-state index is 0.0576. The zero-order valence-electron chi connectivity index (χ0n) is 9.89. The first-order valence-corrected chi connectivity index (χ1v) is 6.79. The lowest BCUT2D eigenvalue weighted by molar-refractivity contribution is 0.0594. The van der Waals surface area contributed by atoms with E-state index in [-0.39, 0.29) is 5.91 Å². The molecule has 1 amide bonds. The second-order valence-corrected chi connectivity index (χ2v) is 5.84. The van der Waals surface area contributed by atoms with E-state index in [1.807, 2.05) is 4.90 Å². The molecule has 2 rings (SSSR count). The number of carbonyl (C=O) groups is 1. The van der Waals surface area contributed by atoms with E-state index in [0.29, 0.717) is 15.5 Å². The molecule has 17 heavy (non-hydrogen) atoms. The fourth-order valence-corrected chi connectivity index (χ4v) is 2.66. The molecule has 1 aromatic heterocycles. The van der Waals surface area contributed by atoms with E-state index < -0.39 is 0 Å². The van der Waals surface area contributed by atoms with Gasteiger partial charge in [0.15, 0.2) is 0 Å².